The molecule has 5 rings (SSSR count). The molecule has 0 aliphatic heterocycles. The molecule has 4 aromatic heterocycles. The van der Waals surface area contributed by atoms with Crippen LogP contribution in [0.5, 0.6) is 0 Å². The van der Waals surface area contributed by atoms with E-state index >= 15 is 0 Å². The van der Waals surface area contributed by atoms with Crippen molar-refractivity contribution in [1.82, 2.24) is 33.7 Å². The molecule has 0 radical (unpaired) electrons. The molecule has 52 heavy (non-hydrogen) atoms. The quantitative estimate of drug-likeness (QED) is 0.0610. The summed E-state index contributed by atoms with van der Waals surface area (Å²) in [6.07, 6.45) is 7.00. The fraction of sp³-hybridized carbons (Fsp3) is 0.438. The molecule has 0 aliphatic rings. The van der Waals surface area contributed by atoms with Crippen molar-refractivity contribution >= 4 is 75.8 Å². The summed E-state index contributed by atoms with van der Waals surface area (Å²) in [4.78, 5) is 19.1. The highest BCUT2D eigenvalue weighted by molar-refractivity contribution is 7.89. The second-order valence-corrected chi connectivity index (χ2v) is 19.3. The molecule has 0 saturated heterocycles. The molecule has 0 bridgehead atoms. The number of hydrogen-bond donors (Lipinski definition) is 4. The lowest BCUT2D eigenvalue weighted by molar-refractivity contribution is 0.502. The SMILES string of the molecule is Cc1nc(-c2csc(NCCCCCNS(=O)(=O)N(C)C)n2)c(C)s1.O=S(=O)(NCCCCCNc1nc(-c2nccs2)cs1)c1ccc(F)cc1. The third-order valence-electron chi connectivity index (χ3n) is 7.25. The van der Waals surface area contributed by atoms with Gasteiger partial charge in [-0.05, 0) is 63.8 Å². The Morgan fingerprint density at radius 3 is 1.87 bits per heavy atom. The van der Waals surface area contributed by atoms with Crippen LogP contribution >= 0.6 is 45.3 Å². The van der Waals surface area contributed by atoms with Crippen molar-refractivity contribution in [3.05, 3.63) is 62.3 Å². The number of aromatic nitrogens is 4. The molecule has 0 atom stereocenters. The molecule has 0 amide bonds. The number of thiazole rings is 4. The normalized spacial score (nSPS) is 11.8. The van der Waals surface area contributed by atoms with E-state index in [-0.39, 0.29) is 4.90 Å². The molecule has 284 valence electrons. The Bertz CT molecular complexity index is 2010. The predicted octanol–water partition coefficient (Wildman–Crippen LogP) is 6.83. The van der Waals surface area contributed by atoms with Gasteiger partial charge in [-0.2, -0.15) is 12.7 Å². The molecule has 13 nitrogen and oxygen atoms in total. The summed E-state index contributed by atoms with van der Waals surface area (Å²) in [5.74, 6) is -0.458. The minimum atomic E-state index is -3.58. The average Bonchev–Trinajstić information content (AvgIpc) is 3.93. The van der Waals surface area contributed by atoms with Crippen molar-refractivity contribution in [3.8, 4) is 22.1 Å². The molecular formula is C32H44FN9O4S6. The van der Waals surface area contributed by atoms with Gasteiger partial charge in [0.05, 0.1) is 9.90 Å². The number of nitrogens with one attached hydrogen (secondary N) is 4. The minimum Gasteiger partial charge on any atom is -0.362 e. The Kier molecular flexibility index (Phi) is 16.5. The van der Waals surface area contributed by atoms with Gasteiger partial charge in [-0.1, -0.05) is 12.8 Å². The first kappa shape index (κ1) is 41.8. The van der Waals surface area contributed by atoms with E-state index < -0.39 is 26.0 Å². The van der Waals surface area contributed by atoms with E-state index in [1.807, 2.05) is 23.1 Å². The number of anilines is 2. The summed E-state index contributed by atoms with van der Waals surface area (Å²) in [6.45, 7) is 6.48. The number of aryl methyl sites for hydroxylation is 2. The highest BCUT2D eigenvalue weighted by Crippen LogP contribution is 2.30. The molecule has 1 aromatic carbocycles. The molecule has 5 aromatic rings. The number of rotatable bonds is 20. The fourth-order valence-electron chi connectivity index (χ4n) is 4.51. The Labute approximate surface area is 321 Å². The predicted molar refractivity (Wildman–Crippen MR) is 213 cm³/mol. The van der Waals surface area contributed by atoms with Gasteiger partial charge in [0.2, 0.25) is 10.0 Å². The number of unbranched alkanes of at least 4 members (excludes halogenated alkanes) is 4. The van der Waals surface area contributed by atoms with Crippen LogP contribution < -0.4 is 20.1 Å². The van der Waals surface area contributed by atoms with Gasteiger partial charge in [-0.3, -0.25) is 0 Å². The van der Waals surface area contributed by atoms with Gasteiger partial charge in [0.1, 0.15) is 27.9 Å². The van der Waals surface area contributed by atoms with Crippen LogP contribution in [-0.2, 0) is 20.2 Å². The smallest absolute Gasteiger partial charge is 0.278 e. The monoisotopic (exact) mass is 829 g/mol. The third-order valence-corrected chi connectivity index (χ3v) is 13.5. The lowest BCUT2D eigenvalue weighted by atomic mass is 10.2. The number of benzene rings is 1. The fourth-order valence-corrected chi connectivity index (χ4v) is 9.19. The van der Waals surface area contributed by atoms with Crippen LogP contribution in [-0.4, -0.2) is 81.4 Å². The number of hydrogen-bond acceptors (Lipinski definition) is 14. The van der Waals surface area contributed by atoms with Crippen LogP contribution in [0.2, 0.25) is 0 Å². The highest BCUT2D eigenvalue weighted by Gasteiger charge is 2.14. The molecular weight excluding hydrogens is 786 g/mol. The summed E-state index contributed by atoms with van der Waals surface area (Å²) in [5.41, 5.74) is 2.78. The summed E-state index contributed by atoms with van der Waals surface area (Å²) < 4.78 is 66.3. The van der Waals surface area contributed by atoms with Crippen molar-refractivity contribution in [2.24, 2.45) is 0 Å². The summed E-state index contributed by atoms with van der Waals surface area (Å²) >= 11 is 6.37. The van der Waals surface area contributed by atoms with E-state index in [0.29, 0.717) is 13.1 Å². The van der Waals surface area contributed by atoms with Gasteiger partial charge in [-0.25, -0.2) is 42.2 Å². The lowest BCUT2D eigenvalue weighted by Crippen LogP contribution is -2.36. The maximum Gasteiger partial charge on any atom is 0.278 e. The molecule has 0 fully saturated rings. The van der Waals surface area contributed by atoms with Crippen molar-refractivity contribution < 1.29 is 21.2 Å². The largest absolute Gasteiger partial charge is 0.362 e. The van der Waals surface area contributed by atoms with Crippen molar-refractivity contribution in [3.63, 3.8) is 0 Å². The van der Waals surface area contributed by atoms with E-state index in [2.05, 4.69) is 46.9 Å². The number of sulfonamides is 1. The van der Waals surface area contributed by atoms with Gasteiger partial charge in [0.25, 0.3) is 10.2 Å². The van der Waals surface area contributed by atoms with Crippen LogP contribution in [0.25, 0.3) is 22.1 Å². The molecule has 0 saturated carbocycles. The summed E-state index contributed by atoms with van der Waals surface area (Å²) in [5, 5.41) is 16.2. The number of nitrogens with zero attached hydrogens (tertiary/aromatic N) is 5. The molecule has 0 spiro atoms. The molecule has 4 N–H and O–H groups in total. The van der Waals surface area contributed by atoms with Gasteiger partial charge >= 0.3 is 0 Å². The van der Waals surface area contributed by atoms with Crippen molar-refractivity contribution in [1.29, 1.82) is 0 Å². The highest BCUT2D eigenvalue weighted by atomic mass is 32.2. The zero-order valence-corrected chi connectivity index (χ0v) is 34.3. The molecule has 4 heterocycles. The Balaban J connectivity index is 0.000000234. The number of halogens is 1. The van der Waals surface area contributed by atoms with Crippen molar-refractivity contribution in [2.45, 2.75) is 57.3 Å². The Hall–Kier alpha value is -2.95. The van der Waals surface area contributed by atoms with Gasteiger partial charge in [0, 0.05) is 67.5 Å². The lowest BCUT2D eigenvalue weighted by Gasteiger charge is -2.12. The summed E-state index contributed by atoms with van der Waals surface area (Å²) in [7, 11) is -3.85. The van der Waals surface area contributed by atoms with Gasteiger partial charge in [0.15, 0.2) is 10.3 Å². The average molecular weight is 830 g/mol. The molecule has 0 aliphatic carbocycles. The van der Waals surface area contributed by atoms with Crippen LogP contribution in [0.15, 0.2) is 51.5 Å². The topological polar surface area (TPSA) is 171 Å². The van der Waals surface area contributed by atoms with E-state index in [4.69, 9.17) is 0 Å². The first-order chi connectivity index (χ1) is 24.8. The van der Waals surface area contributed by atoms with Crippen LogP contribution in [0.1, 0.15) is 48.4 Å². The second kappa shape index (κ2) is 20.5. The Morgan fingerprint density at radius 2 is 1.31 bits per heavy atom. The molecule has 0 unspecified atom stereocenters. The zero-order valence-electron chi connectivity index (χ0n) is 29.4. The van der Waals surface area contributed by atoms with E-state index in [9.17, 15) is 21.2 Å². The van der Waals surface area contributed by atoms with E-state index in [0.717, 1.165) is 101 Å². The second-order valence-electron chi connectivity index (χ2n) is 11.6. The standard InChI is InChI=1S/C17H19FN4O2S3.C15H25N5O2S3/c18-13-4-6-14(7-5-13)27(23,24)21-9-3-1-2-8-20-17-22-15(12-26-17)16-19-10-11-25-16;1-11-14(18-12(2)24-11)13-10-23-15(19-13)16-8-6-5-7-9-17-25(21,22)20(3)4/h4-7,10-12,21H,1-3,8-9H2,(H,20,22);10,17H,5-9H2,1-4H3,(H,16,19). The van der Waals surface area contributed by atoms with Gasteiger partial charge in [-0.15, -0.1) is 45.3 Å². The van der Waals surface area contributed by atoms with E-state index in [1.165, 1.54) is 35.4 Å². The Morgan fingerprint density at radius 1 is 0.731 bits per heavy atom. The zero-order chi connectivity index (χ0) is 37.6. The van der Waals surface area contributed by atoms with E-state index in [1.54, 1.807) is 51.5 Å². The van der Waals surface area contributed by atoms with Crippen LogP contribution in [0.4, 0.5) is 14.7 Å². The maximum absolute atomic E-state index is 12.9. The minimum absolute atomic E-state index is 0.0744. The van der Waals surface area contributed by atoms with Crippen molar-refractivity contribution in [2.75, 3.05) is 50.9 Å². The van der Waals surface area contributed by atoms with Gasteiger partial charge < -0.3 is 10.6 Å². The first-order valence-corrected chi connectivity index (χ1v) is 22.9. The van der Waals surface area contributed by atoms with Crippen LogP contribution in [0.3, 0.4) is 0 Å². The first-order valence-electron chi connectivity index (χ1n) is 16.5. The third kappa shape index (κ3) is 13.5. The maximum atomic E-state index is 12.9. The van der Waals surface area contributed by atoms with Crippen LogP contribution in [0, 0.1) is 19.7 Å². The molecule has 20 heteroatoms. The summed E-state index contributed by atoms with van der Waals surface area (Å²) in [6, 6.07) is 4.79.